The van der Waals surface area contributed by atoms with Gasteiger partial charge in [0.25, 0.3) is 5.56 Å². The fourth-order valence-corrected chi connectivity index (χ4v) is 4.33. The topological polar surface area (TPSA) is 117 Å². The molecule has 1 aromatic heterocycles. The van der Waals surface area contributed by atoms with E-state index in [9.17, 15) is 14.4 Å². The van der Waals surface area contributed by atoms with Crippen molar-refractivity contribution in [3.05, 3.63) is 93.8 Å². The fourth-order valence-electron chi connectivity index (χ4n) is 3.52. The molecule has 0 aliphatic heterocycles. The third kappa shape index (κ3) is 5.39. The second-order valence-corrected chi connectivity index (χ2v) is 8.76. The van der Waals surface area contributed by atoms with Crippen LogP contribution in [0.15, 0.2) is 76.7 Å². The van der Waals surface area contributed by atoms with Gasteiger partial charge in [-0.05, 0) is 61.9 Å². The number of fused-ring (bicyclic) bond motifs is 1. The van der Waals surface area contributed by atoms with E-state index in [1.807, 2.05) is 32.0 Å². The van der Waals surface area contributed by atoms with Crippen LogP contribution in [0.5, 0.6) is 0 Å². The molecule has 174 valence electrons. The highest BCUT2D eigenvalue weighted by atomic mass is 32.2. The molecular formula is C26H21N5O3S. The van der Waals surface area contributed by atoms with E-state index < -0.39 is 11.9 Å². The maximum Gasteiger partial charge on any atom is 0.325 e. The SMILES string of the molecule is Cc1ccc(NC(=O)NC(=O)CSc2nc3ccccc3c(=O)n2-c2ccc(C#N)cc2)c(C)c1. The minimum atomic E-state index is -0.640. The van der Waals surface area contributed by atoms with Crippen LogP contribution in [0.2, 0.25) is 0 Å². The number of imide groups is 1. The molecule has 0 aliphatic carbocycles. The van der Waals surface area contributed by atoms with E-state index >= 15 is 0 Å². The summed E-state index contributed by atoms with van der Waals surface area (Å²) in [5, 5.41) is 14.8. The molecule has 2 N–H and O–H groups in total. The minimum absolute atomic E-state index is 0.138. The zero-order chi connectivity index (χ0) is 24.9. The van der Waals surface area contributed by atoms with Gasteiger partial charge in [-0.3, -0.25) is 19.5 Å². The standard InChI is InChI=1S/C26H21N5O3S/c1-16-7-12-21(17(2)13-16)28-25(34)30-23(32)15-35-26-29-22-6-4-3-5-20(22)24(33)31(26)19-10-8-18(14-27)9-11-19/h3-13H,15H2,1-2H3,(H2,28,30,32,34). The molecule has 0 radical (unpaired) electrons. The number of hydrogen-bond acceptors (Lipinski definition) is 6. The number of aromatic nitrogens is 2. The highest BCUT2D eigenvalue weighted by Gasteiger charge is 2.16. The Bertz CT molecular complexity index is 1540. The zero-order valence-electron chi connectivity index (χ0n) is 19.0. The van der Waals surface area contributed by atoms with Gasteiger partial charge in [-0.15, -0.1) is 0 Å². The maximum atomic E-state index is 13.3. The largest absolute Gasteiger partial charge is 0.325 e. The Morgan fingerprint density at radius 2 is 1.80 bits per heavy atom. The average Bonchev–Trinajstić information content (AvgIpc) is 2.85. The van der Waals surface area contributed by atoms with E-state index in [4.69, 9.17) is 5.26 Å². The molecule has 35 heavy (non-hydrogen) atoms. The zero-order valence-corrected chi connectivity index (χ0v) is 19.8. The normalized spacial score (nSPS) is 10.5. The van der Waals surface area contributed by atoms with E-state index in [0.29, 0.717) is 33.0 Å². The number of thioether (sulfide) groups is 1. The molecule has 3 aromatic carbocycles. The first-order valence-corrected chi connectivity index (χ1v) is 11.7. The number of amides is 3. The molecule has 0 saturated carbocycles. The van der Waals surface area contributed by atoms with Crippen LogP contribution in [-0.4, -0.2) is 27.2 Å². The summed E-state index contributed by atoms with van der Waals surface area (Å²) >= 11 is 1.04. The number of nitriles is 1. The van der Waals surface area contributed by atoms with Crippen molar-refractivity contribution in [3.8, 4) is 11.8 Å². The molecule has 0 spiro atoms. The van der Waals surface area contributed by atoms with Gasteiger partial charge >= 0.3 is 6.03 Å². The molecule has 0 unspecified atom stereocenters. The summed E-state index contributed by atoms with van der Waals surface area (Å²) in [6.45, 7) is 3.82. The maximum absolute atomic E-state index is 13.3. The number of para-hydroxylation sites is 1. The molecule has 0 atom stereocenters. The highest BCUT2D eigenvalue weighted by Crippen LogP contribution is 2.22. The molecule has 0 bridgehead atoms. The first-order valence-electron chi connectivity index (χ1n) is 10.7. The number of nitrogens with one attached hydrogen (secondary N) is 2. The van der Waals surface area contributed by atoms with Crippen molar-refractivity contribution in [2.45, 2.75) is 19.0 Å². The molecular weight excluding hydrogens is 462 g/mol. The summed E-state index contributed by atoms with van der Waals surface area (Å²) in [7, 11) is 0. The van der Waals surface area contributed by atoms with Crippen LogP contribution >= 0.6 is 11.8 Å². The number of aryl methyl sites for hydroxylation is 2. The Balaban J connectivity index is 1.55. The summed E-state index contributed by atoms with van der Waals surface area (Å²) in [5.41, 5.74) is 3.74. The third-order valence-electron chi connectivity index (χ3n) is 5.21. The van der Waals surface area contributed by atoms with Crippen molar-refractivity contribution >= 4 is 40.3 Å². The van der Waals surface area contributed by atoms with E-state index in [-0.39, 0.29) is 11.3 Å². The number of carbonyl (C=O) groups excluding carboxylic acids is 2. The van der Waals surface area contributed by atoms with Crippen molar-refractivity contribution in [1.29, 1.82) is 5.26 Å². The average molecular weight is 484 g/mol. The van der Waals surface area contributed by atoms with Crippen molar-refractivity contribution in [2.24, 2.45) is 0 Å². The smallest absolute Gasteiger partial charge is 0.307 e. The van der Waals surface area contributed by atoms with Crippen molar-refractivity contribution < 1.29 is 9.59 Å². The number of urea groups is 1. The van der Waals surface area contributed by atoms with Gasteiger partial charge in [0, 0.05) is 5.69 Å². The second-order valence-electron chi connectivity index (χ2n) is 7.82. The number of benzene rings is 3. The van der Waals surface area contributed by atoms with Crippen LogP contribution in [0.3, 0.4) is 0 Å². The molecule has 0 aliphatic rings. The number of nitrogens with zero attached hydrogens (tertiary/aromatic N) is 3. The Hall–Kier alpha value is -4.42. The molecule has 3 amide bonds. The van der Waals surface area contributed by atoms with Gasteiger partial charge in [-0.2, -0.15) is 5.26 Å². The van der Waals surface area contributed by atoms with Crippen LogP contribution in [0.25, 0.3) is 16.6 Å². The number of rotatable bonds is 5. The summed E-state index contributed by atoms with van der Waals surface area (Å²) in [6.07, 6.45) is 0. The lowest BCUT2D eigenvalue weighted by atomic mass is 10.1. The lowest BCUT2D eigenvalue weighted by Gasteiger charge is -2.13. The van der Waals surface area contributed by atoms with Crippen LogP contribution < -0.4 is 16.2 Å². The molecule has 4 rings (SSSR count). The van der Waals surface area contributed by atoms with Gasteiger partial charge in [0.2, 0.25) is 5.91 Å². The number of carbonyl (C=O) groups is 2. The summed E-state index contributed by atoms with van der Waals surface area (Å²) < 4.78 is 1.40. The van der Waals surface area contributed by atoms with Gasteiger partial charge in [-0.1, -0.05) is 41.6 Å². The Morgan fingerprint density at radius 3 is 2.51 bits per heavy atom. The summed E-state index contributed by atoms with van der Waals surface area (Å²) in [5.74, 6) is -0.674. The summed E-state index contributed by atoms with van der Waals surface area (Å²) in [6, 6.07) is 20.4. The first kappa shape index (κ1) is 23.7. The van der Waals surface area contributed by atoms with Gasteiger partial charge in [0.05, 0.1) is 34.0 Å². The monoisotopic (exact) mass is 483 g/mol. The van der Waals surface area contributed by atoms with Crippen LogP contribution in [-0.2, 0) is 4.79 Å². The Kier molecular flexibility index (Phi) is 6.94. The van der Waals surface area contributed by atoms with Gasteiger partial charge in [0.1, 0.15) is 0 Å². The van der Waals surface area contributed by atoms with E-state index in [1.165, 1.54) is 4.57 Å². The lowest BCUT2D eigenvalue weighted by Crippen LogP contribution is -2.35. The van der Waals surface area contributed by atoms with Crippen LogP contribution in [0.4, 0.5) is 10.5 Å². The molecule has 1 heterocycles. The molecule has 9 heteroatoms. The second kappa shape index (κ2) is 10.2. The van der Waals surface area contributed by atoms with Gasteiger partial charge in [-0.25, -0.2) is 9.78 Å². The molecule has 0 saturated heterocycles. The van der Waals surface area contributed by atoms with Crippen molar-refractivity contribution in [2.75, 3.05) is 11.1 Å². The van der Waals surface area contributed by atoms with E-state index in [1.54, 1.807) is 54.6 Å². The first-order chi connectivity index (χ1) is 16.9. The van der Waals surface area contributed by atoms with Crippen molar-refractivity contribution in [3.63, 3.8) is 0 Å². The van der Waals surface area contributed by atoms with Crippen molar-refractivity contribution in [1.82, 2.24) is 14.9 Å². The third-order valence-corrected chi connectivity index (χ3v) is 6.15. The number of anilines is 1. The quantitative estimate of drug-likeness (QED) is 0.323. The minimum Gasteiger partial charge on any atom is -0.307 e. The number of hydrogen-bond donors (Lipinski definition) is 2. The molecule has 8 nitrogen and oxygen atoms in total. The lowest BCUT2D eigenvalue weighted by molar-refractivity contribution is -0.117. The fraction of sp³-hybridized carbons (Fsp3) is 0.115. The van der Waals surface area contributed by atoms with E-state index in [2.05, 4.69) is 15.6 Å². The van der Waals surface area contributed by atoms with E-state index in [0.717, 1.165) is 22.9 Å². The predicted octanol–water partition coefficient (Wildman–Crippen LogP) is 4.31. The Labute approximate surface area is 205 Å². The molecule has 4 aromatic rings. The molecule has 0 fully saturated rings. The van der Waals surface area contributed by atoms with Gasteiger partial charge in [0.15, 0.2) is 5.16 Å². The van der Waals surface area contributed by atoms with Crippen LogP contribution in [0, 0.1) is 25.2 Å². The summed E-state index contributed by atoms with van der Waals surface area (Å²) in [4.78, 5) is 42.6. The van der Waals surface area contributed by atoms with Gasteiger partial charge < -0.3 is 5.32 Å². The Morgan fingerprint density at radius 1 is 1.06 bits per heavy atom. The predicted molar refractivity (Wildman–Crippen MR) is 136 cm³/mol. The van der Waals surface area contributed by atoms with Crippen LogP contribution in [0.1, 0.15) is 16.7 Å². The highest BCUT2D eigenvalue weighted by molar-refractivity contribution is 7.99.